The number of thioether (sulfide) groups is 1. The third kappa shape index (κ3) is 4.46. The molecule has 0 aliphatic carbocycles. The lowest BCUT2D eigenvalue weighted by molar-refractivity contribution is -0.133. The number of aliphatic carboxylic acids is 1. The Kier molecular flexibility index (Phi) is 4.64. The van der Waals surface area contributed by atoms with Gasteiger partial charge in [-0.3, -0.25) is 4.79 Å². The summed E-state index contributed by atoms with van der Waals surface area (Å²) < 4.78 is 5.47. The van der Waals surface area contributed by atoms with Gasteiger partial charge in [0.25, 0.3) is 0 Å². The van der Waals surface area contributed by atoms with Gasteiger partial charge in [-0.15, -0.1) is 10.2 Å². The Morgan fingerprint density at radius 1 is 1.37 bits per heavy atom. The van der Waals surface area contributed by atoms with Crippen LogP contribution in [0.25, 0.3) is 0 Å². The highest BCUT2D eigenvalue weighted by atomic mass is 35.5. The third-order valence-electron chi connectivity index (χ3n) is 2.03. The molecule has 0 unspecified atom stereocenters. The minimum absolute atomic E-state index is 0.0628. The van der Waals surface area contributed by atoms with Gasteiger partial charge in [0.1, 0.15) is 12.4 Å². The van der Waals surface area contributed by atoms with Crippen LogP contribution in [0.5, 0.6) is 5.75 Å². The summed E-state index contributed by atoms with van der Waals surface area (Å²) in [6, 6.07) is 6.95. The number of nitrogens with zero attached hydrogens (tertiary/aromatic N) is 2. The Balaban J connectivity index is 1.86. The largest absolute Gasteiger partial charge is 0.486 e. The zero-order valence-electron chi connectivity index (χ0n) is 9.67. The first-order valence-corrected chi connectivity index (χ1v) is 6.64. The van der Waals surface area contributed by atoms with Crippen molar-refractivity contribution in [1.82, 2.24) is 15.2 Å². The second-order valence-corrected chi connectivity index (χ2v) is 4.90. The number of carboxylic acids is 1. The average molecular weight is 300 g/mol. The number of rotatable bonds is 6. The number of halogens is 1. The van der Waals surface area contributed by atoms with Gasteiger partial charge in [0.05, 0.1) is 5.75 Å². The summed E-state index contributed by atoms with van der Waals surface area (Å²) >= 11 is 6.83. The minimum Gasteiger partial charge on any atom is -0.486 e. The van der Waals surface area contributed by atoms with Gasteiger partial charge in [-0.2, -0.15) is 0 Å². The summed E-state index contributed by atoms with van der Waals surface area (Å²) in [5.74, 6) is 0.232. The lowest BCUT2D eigenvalue weighted by atomic mass is 10.3. The molecule has 19 heavy (non-hydrogen) atoms. The molecule has 0 spiro atoms. The molecule has 1 aromatic heterocycles. The van der Waals surface area contributed by atoms with Crippen molar-refractivity contribution in [3.05, 3.63) is 35.1 Å². The first-order valence-electron chi connectivity index (χ1n) is 5.28. The molecule has 0 aliphatic rings. The van der Waals surface area contributed by atoms with Gasteiger partial charge < -0.3 is 14.8 Å². The molecule has 1 aromatic carbocycles. The van der Waals surface area contributed by atoms with Crippen molar-refractivity contribution in [3.8, 4) is 5.75 Å². The number of H-pyrrole nitrogens is 1. The second kappa shape index (κ2) is 6.44. The van der Waals surface area contributed by atoms with E-state index < -0.39 is 5.97 Å². The van der Waals surface area contributed by atoms with Crippen molar-refractivity contribution in [3.63, 3.8) is 0 Å². The number of aromatic amines is 1. The van der Waals surface area contributed by atoms with Crippen molar-refractivity contribution >= 4 is 29.3 Å². The van der Waals surface area contributed by atoms with E-state index in [1.165, 1.54) is 0 Å². The summed E-state index contributed by atoms with van der Waals surface area (Å²) in [6.45, 7) is 0.224. The first kappa shape index (κ1) is 13.7. The van der Waals surface area contributed by atoms with Crippen LogP contribution in [0.2, 0.25) is 5.02 Å². The van der Waals surface area contributed by atoms with E-state index in [1.807, 2.05) is 0 Å². The fraction of sp³-hybridized carbons (Fsp3) is 0.182. The molecule has 0 fully saturated rings. The molecular formula is C11H10ClN3O3S. The SMILES string of the molecule is O=C(O)CSc1nnc(COc2ccc(Cl)cc2)[nH]1. The third-order valence-corrected chi connectivity index (χ3v) is 3.13. The number of carbonyl (C=O) groups is 1. The van der Waals surface area contributed by atoms with Gasteiger partial charge in [0, 0.05) is 5.02 Å². The fourth-order valence-electron chi connectivity index (χ4n) is 1.22. The van der Waals surface area contributed by atoms with Crippen molar-refractivity contribution in [2.24, 2.45) is 0 Å². The molecule has 1 heterocycles. The lowest BCUT2D eigenvalue weighted by Crippen LogP contribution is -1.98. The van der Waals surface area contributed by atoms with Crippen LogP contribution < -0.4 is 4.74 Å². The molecule has 6 nitrogen and oxygen atoms in total. The van der Waals surface area contributed by atoms with E-state index >= 15 is 0 Å². The molecule has 2 aromatic rings. The van der Waals surface area contributed by atoms with Gasteiger partial charge >= 0.3 is 5.97 Å². The number of nitrogens with one attached hydrogen (secondary N) is 1. The smallest absolute Gasteiger partial charge is 0.313 e. The maximum Gasteiger partial charge on any atom is 0.313 e. The van der Waals surface area contributed by atoms with Crippen LogP contribution in [0.15, 0.2) is 29.4 Å². The van der Waals surface area contributed by atoms with Crippen LogP contribution in [-0.2, 0) is 11.4 Å². The second-order valence-electron chi connectivity index (χ2n) is 3.50. The molecule has 0 amide bonds. The molecule has 0 saturated carbocycles. The zero-order chi connectivity index (χ0) is 13.7. The molecule has 0 atom stereocenters. The number of ether oxygens (including phenoxy) is 1. The standard InChI is InChI=1S/C11H10ClN3O3S/c12-7-1-3-8(4-2-7)18-5-9-13-11(15-14-9)19-6-10(16)17/h1-4H,5-6H2,(H,16,17)(H,13,14,15). The predicted octanol–water partition coefficient (Wildman–Crippen LogP) is 2.21. The Hall–Kier alpha value is -1.73. The lowest BCUT2D eigenvalue weighted by Gasteiger charge is -2.03. The van der Waals surface area contributed by atoms with Crippen molar-refractivity contribution in [1.29, 1.82) is 0 Å². The highest BCUT2D eigenvalue weighted by Crippen LogP contribution is 2.17. The molecule has 0 bridgehead atoms. The molecule has 8 heteroatoms. The van der Waals surface area contributed by atoms with Crippen LogP contribution in [0.4, 0.5) is 0 Å². The molecule has 0 saturated heterocycles. The van der Waals surface area contributed by atoms with E-state index in [0.717, 1.165) is 11.8 Å². The average Bonchev–Trinajstić information content (AvgIpc) is 2.84. The van der Waals surface area contributed by atoms with E-state index in [0.29, 0.717) is 21.8 Å². The van der Waals surface area contributed by atoms with Gasteiger partial charge in [-0.05, 0) is 24.3 Å². The van der Waals surface area contributed by atoms with E-state index in [2.05, 4.69) is 15.2 Å². The summed E-state index contributed by atoms with van der Waals surface area (Å²) in [7, 11) is 0. The van der Waals surface area contributed by atoms with E-state index in [1.54, 1.807) is 24.3 Å². The quantitative estimate of drug-likeness (QED) is 0.795. The maximum atomic E-state index is 10.4. The Labute approximate surface area is 118 Å². The molecular weight excluding hydrogens is 290 g/mol. The Bertz CT molecular complexity index is 559. The fourth-order valence-corrected chi connectivity index (χ4v) is 1.90. The first-order chi connectivity index (χ1) is 9.13. The molecule has 2 rings (SSSR count). The topological polar surface area (TPSA) is 88.1 Å². The Morgan fingerprint density at radius 2 is 2.11 bits per heavy atom. The van der Waals surface area contributed by atoms with Crippen LogP contribution >= 0.6 is 23.4 Å². The van der Waals surface area contributed by atoms with Gasteiger partial charge in [0.2, 0.25) is 0 Å². The highest BCUT2D eigenvalue weighted by Gasteiger charge is 2.06. The number of benzene rings is 1. The summed E-state index contributed by atoms with van der Waals surface area (Å²) in [5, 5.41) is 17.3. The number of carboxylic acid groups (broad SMARTS) is 1. The number of hydrogen-bond acceptors (Lipinski definition) is 5. The van der Waals surface area contributed by atoms with Crippen LogP contribution in [0, 0.1) is 0 Å². The maximum absolute atomic E-state index is 10.4. The van der Waals surface area contributed by atoms with Crippen molar-refractivity contribution in [2.45, 2.75) is 11.8 Å². The van der Waals surface area contributed by atoms with Crippen LogP contribution in [0.1, 0.15) is 5.82 Å². The van der Waals surface area contributed by atoms with Gasteiger partial charge in [-0.25, -0.2) is 0 Å². The summed E-state index contributed by atoms with van der Waals surface area (Å²) in [6.07, 6.45) is 0. The van der Waals surface area contributed by atoms with E-state index in [-0.39, 0.29) is 12.4 Å². The van der Waals surface area contributed by atoms with Gasteiger partial charge in [-0.1, -0.05) is 23.4 Å². The van der Waals surface area contributed by atoms with Crippen molar-refractivity contribution in [2.75, 3.05) is 5.75 Å². The van der Waals surface area contributed by atoms with E-state index in [4.69, 9.17) is 21.4 Å². The van der Waals surface area contributed by atoms with Gasteiger partial charge in [0.15, 0.2) is 11.0 Å². The predicted molar refractivity (Wildman–Crippen MR) is 70.5 cm³/mol. The number of hydrogen-bond donors (Lipinski definition) is 2. The minimum atomic E-state index is -0.902. The summed E-state index contributed by atoms with van der Waals surface area (Å²) in [5.41, 5.74) is 0. The zero-order valence-corrected chi connectivity index (χ0v) is 11.2. The molecule has 0 radical (unpaired) electrons. The monoisotopic (exact) mass is 299 g/mol. The van der Waals surface area contributed by atoms with Crippen LogP contribution in [0.3, 0.4) is 0 Å². The number of aromatic nitrogens is 3. The molecule has 100 valence electrons. The molecule has 2 N–H and O–H groups in total. The van der Waals surface area contributed by atoms with Crippen LogP contribution in [-0.4, -0.2) is 32.0 Å². The van der Waals surface area contributed by atoms with Crippen molar-refractivity contribution < 1.29 is 14.6 Å². The molecule has 0 aliphatic heterocycles. The highest BCUT2D eigenvalue weighted by molar-refractivity contribution is 7.99. The van der Waals surface area contributed by atoms with E-state index in [9.17, 15) is 4.79 Å². The summed E-state index contributed by atoms with van der Waals surface area (Å²) in [4.78, 5) is 13.3. The normalized spacial score (nSPS) is 10.4. The Morgan fingerprint density at radius 3 is 2.79 bits per heavy atom.